The highest BCUT2D eigenvalue weighted by molar-refractivity contribution is 5.76. The van der Waals surface area contributed by atoms with Gasteiger partial charge in [-0.25, -0.2) is 4.98 Å². The first-order chi connectivity index (χ1) is 11.7. The Morgan fingerprint density at radius 3 is 2.83 bits per heavy atom. The first-order valence-electron chi connectivity index (χ1n) is 8.37. The van der Waals surface area contributed by atoms with Crippen LogP contribution in [0, 0.1) is 5.92 Å². The van der Waals surface area contributed by atoms with Gasteiger partial charge in [0.2, 0.25) is 5.91 Å². The minimum atomic E-state index is 0.00833. The Morgan fingerprint density at radius 1 is 1.29 bits per heavy atom. The van der Waals surface area contributed by atoms with Gasteiger partial charge in [-0.1, -0.05) is 30.3 Å². The zero-order valence-electron chi connectivity index (χ0n) is 13.7. The number of aromatic nitrogens is 2. The molecule has 1 amide bonds. The summed E-state index contributed by atoms with van der Waals surface area (Å²) in [5.41, 5.74) is 1.25. The molecule has 1 aromatic heterocycles. The smallest absolute Gasteiger partial charge is 0.222 e. The number of nitrogens with one attached hydrogen (secondary N) is 1. The molecular formula is C18H24N4O2. The zero-order chi connectivity index (χ0) is 16.8. The summed E-state index contributed by atoms with van der Waals surface area (Å²) in [7, 11) is 0. The second-order valence-corrected chi connectivity index (χ2v) is 6.35. The van der Waals surface area contributed by atoms with E-state index in [-0.39, 0.29) is 24.5 Å². The fraction of sp³-hybridized carbons (Fsp3) is 0.444. The summed E-state index contributed by atoms with van der Waals surface area (Å²) in [6.07, 6.45) is 5.68. The van der Waals surface area contributed by atoms with Crippen molar-refractivity contribution in [2.24, 2.45) is 5.92 Å². The Hall–Kier alpha value is -2.18. The molecule has 2 N–H and O–H groups in total. The molecule has 0 saturated carbocycles. The summed E-state index contributed by atoms with van der Waals surface area (Å²) in [5.74, 6) is 0.111. The van der Waals surface area contributed by atoms with E-state index in [1.54, 1.807) is 12.5 Å². The van der Waals surface area contributed by atoms with Crippen molar-refractivity contribution in [3.63, 3.8) is 0 Å². The molecule has 0 spiro atoms. The molecular weight excluding hydrogens is 304 g/mol. The molecule has 128 valence electrons. The summed E-state index contributed by atoms with van der Waals surface area (Å²) in [5, 5.41) is 12.7. The van der Waals surface area contributed by atoms with Crippen LogP contribution >= 0.6 is 0 Å². The van der Waals surface area contributed by atoms with E-state index >= 15 is 0 Å². The first kappa shape index (κ1) is 16.7. The number of aliphatic hydroxyl groups is 1. The van der Waals surface area contributed by atoms with Gasteiger partial charge in [-0.2, -0.15) is 0 Å². The van der Waals surface area contributed by atoms with Crippen LogP contribution in [0.15, 0.2) is 49.1 Å². The molecule has 24 heavy (non-hydrogen) atoms. The molecule has 1 aliphatic heterocycles. The maximum Gasteiger partial charge on any atom is 0.222 e. The number of likely N-dealkylation sites (tertiary alicyclic amines) is 1. The lowest BCUT2D eigenvalue weighted by atomic mass is 10.1. The van der Waals surface area contributed by atoms with Gasteiger partial charge < -0.3 is 15.0 Å². The zero-order valence-corrected chi connectivity index (χ0v) is 13.7. The van der Waals surface area contributed by atoms with Crippen molar-refractivity contribution in [3.8, 4) is 0 Å². The SMILES string of the molecule is O=C(CCn1ccnc1)N[C@@H]1CN(Cc2ccccc2)C[C@H]1CO. The van der Waals surface area contributed by atoms with Crippen LogP contribution in [0.5, 0.6) is 0 Å². The van der Waals surface area contributed by atoms with Gasteiger partial charge in [0, 0.05) is 63.6 Å². The summed E-state index contributed by atoms with van der Waals surface area (Å²) < 4.78 is 1.89. The number of rotatable bonds is 7. The minimum Gasteiger partial charge on any atom is -0.396 e. The van der Waals surface area contributed by atoms with Crippen LogP contribution in [-0.4, -0.2) is 51.2 Å². The van der Waals surface area contributed by atoms with Crippen molar-refractivity contribution in [1.29, 1.82) is 0 Å². The summed E-state index contributed by atoms with van der Waals surface area (Å²) >= 11 is 0. The fourth-order valence-electron chi connectivity index (χ4n) is 3.21. The lowest BCUT2D eigenvalue weighted by molar-refractivity contribution is -0.122. The lowest BCUT2D eigenvalue weighted by Gasteiger charge is -2.18. The number of nitrogens with zero attached hydrogens (tertiary/aromatic N) is 3. The molecule has 1 fully saturated rings. The van der Waals surface area contributed by atoms with Gasteiger partial charge in [-0.15, -0.1) is 0 Å². The van der Waals surface area contributed by atoms with Crippen molar-refractivity contribution in [1.82, 2.24) is 19.8 Å². The molecule has 0 unspecified atom stereocenters. The maximum atomic E-state index is 12.2. The van der Waals surface area contributed by atoms with E-state index in [1.165, 1.54) is 5.56 Å². The Morgan fingerprint density at radius 2 is 2.12 bits per heavy atom. The highest BCUT2D eigenvalue weighted by atomic mass is 16.3. The largest absolute Gasteiger partial charge is 0.396 e. The van der Waals surface area contributed by atoms with Gasteiger partial charge in [-0.3, -0.25) is 9.69 Å². The molecule has 3 rings (SSSR count). The van der Waals surface area contributed by atoms with E-state index in [0.29, 0.717) is 13.0 Å². The van der Waals surface area contributed by atoms with Crippen molar-refractivity contribution < 1.29 is 9.90 Å². The third kappa shape index (κ3) is 4.43. The normalized spacial score (nSPS) is 21.0. The fourth-order valence-corrected chi connectivity index (χ4v) is 3.21. The lowest BCUT2D eigenvalue weighted by Crippen LogP contribution is -2.41. The molecule has 0 radical (unpaired) electrons. The van der Waals surface area contributed by atoms with Crippen LogP contribution < -0.4 is 5.32 Å². The predicted octanol–water partition coefficient (Wildman–Crippen LogP) is 0.882. The van der Waals surface area contributed by atoms with E-state index in [0.717, 1.165) is 19.6 Å². The van der Waals surface area contributed by atoms with Crippen LogP contribution in [-0.2, 0) is 17.9 Å². The van der Waals surface area contributed by atoms with Crippen molar-refractivity contribution in [2.45, 2.75) is 25.6 Å². The van der Waals surface area contributed by atoms with Gasteiger partial charge >= 0.3 is 0 Å². The highest BCUT2D eigenvalue weighted by Gasteiger charge is 2.33. The van der Waals surface area contributed by atoms with Crippen LogP contribution in [0.2, 0.25) is 0 Å². The van der Waals surface area contributed by atoms with Crippen LogP contribution in [0.4, 0.5) is 0 Å². The van der Waals surface area contributed by atoms with E-state index in [9.17, 15) is 9.90 Å². The van der Waals surface area contributed by atoms with Gasteiger partial charge in [0.25, 0.3) is 0 Å². The maximum absolute atomic E-state index is 12.2. The standard InChI is InChI=1S/C18H24N4O2/c23-13-16-11-22(10-15-4-2-1-3-5-15)12-17(16)20-18(24)6-8-21-9-7-19-14-21/h1-5,7,9,14,16-17,23H,6,8,10-13H2,(H,20,24)/t16-,17+/m0/s1. The predicted molar refractivity (Wildman–Crippen MR) is 91.1 cm³/mol. The van der Waals surface area contributed by atoms with E-state index in [4.69, 9.17) is 0 Å². The van der Waals surface area contributed by atoms with E-state index in [2.05, 4.69) is 27.3 Å². The number of benzene rings is 1. The molecule has 2 atom stereocenters. The number of carbonyl (C=O) groups excluding carboxylic acids is 1. The molecule has 6 nitrogen and oxygen atoms in total. The van der Waals surface area contributed by atoms with Crippen LogP contribution in [0.3, 0.4) is 0 Å². The summed E-state index contributed by atoms with van der Waals surface area (Å²) in [4.78, 5) is 18.4. The number of aliphatic hydroxyl groups excluding tert-OH is 1. The molecule has 2 aromatic rings. The molecule has 6 heteroatoms. The topological polar surface area (TPSA) is 70.4 Å². The minimum absolute atomic E-state index is 0.00833. The van der Waals surface area contributed by atoms with Crippen molar-refractivity contribution in [3.05, 3.63) is 54.6 Å². The Kier molecular flexibility index (Phi) is 5.61. The average molecular weight is 328 g/mol. The molecule has 0 bridgehead atoms. The number of hydrogen-bond acceptors (Lipinski definition) is 4. The Bertz CT molecular complexity index is 630. The number of imidazole rings is 1. The van der Waals surface area contributed by atoms with Gasteiger partial charge in [0.05, 0.1) is 6.33 Å². The van der Waals surface area contributed by atoms with E-state index in [1.807, 2.05) is 29.0 Å². The third-order valence-electron chi connectivity index (χ3n) is 4.50. The van der Waals surface area contributed by atoms with Gasteiger partial charge in [0.1, 0.15) is 0 Å². The van der Waals surface area contributed by atoms with Crippen LogP contribution in [0.1, 0.15) is 12.0 Å². The second-order valence-electron chi connectivity index (χ2n) is 6.35. The molecule has 1 saturated heterocycles. The monoisotopic (exact) mass is 328 g/mol. The number of aryl methyl sites for hydroxylation is 1. The number of amides is 1. The molecule has 1 aromatic carbocycles. The summed E-state index contributed by atoms with van der Waals surface area (Å²) in [6, 6.07) is 10.3. The van der Waals surface area contributed by atoms with Gasteiger partial charge in [-0.05, 0) is 5.56 Å². The first-order valence-corrected chi connectivity index (χ1v) is 8.37. The Balaban J connectivity index is 1.49. The number of carbonyl (C=O) groups is 1. The van der Waals surface area contributed by atoms with Gasteiger partial charge in [0.15, 0.2) is 0 Å². The molecule has 1 aliphatic rings. The van der Waals surface area contributed by atoms with Crippen molar-refractivity contribution in [2.75, 3.05) is 19.7 Å². The molecule has 2 heterocycles. The average Bonchev–Trinajstić information content (AvgIpc) is 3.23. The Labute approximate surface area is 142 Å². The van der Waals surface area contributed by atoms with Crippen LogP contribution in [0.25, 0.3) is 0 Å². The van der Waals surface area contributed by atoms with E-state index < -0.39 is 0 Å². The summed E-state index contributed by atoms with van der Waals surface area (Å²) in [6.45, 7) is 3.14. The second kappa shape index (κ2) is 8.08. The number of hydrogen-bond donors (Lipinski definition) is 2. The molecule has 0 aliphatic carbocycles. The quantitative estimate of drug-likeness (QED) is 0.792. The van der Waals surface area contributed by atoms with Crippen molar-refractivity contribution >= 4 is 5.91 Å². The highest BCUT2D eigenvalue weighted by Crippen LogP contribution is 2.19. The third-order valence-corrected chi connectivity index (χ3v) is 4.50.